The number of aliphatic carboxylic acids is 1. The Labute approximate surface area is 185 Å². The number of β-lactam (4-membered cyclic amide) rings is 1. The summed E-state index contributed by atoms with van der Waals surface area (Å²) in [5, 5.41) is 33.6. The van der Waals surface area contributed by atoms with Crippen molar-refractivity contribution in [2.45, 2.75) is 41.8 Å². The van der Waals surface area contributed by atoms with Crippen LogP contribution in [0.25, 0.3) is 0 Å². The molecule has 3 aliphatic heterocycles. The molecular weight excluding hydrogens is 418 g/mol. The normalized spacial score (nSPS) is 32.4. The second-order valence-electron chi connectivity index (χ2n) is 8.40. The fourth-order valence-corrected chi connectivity index (χ4v) is 7.65. The van der Waals surface area contributed by atoms with Gasteiger partial charge in [-0.15, -0.1) is 11.8 Å². The number of hydrogen-bond donors (Lipinski definition) is 5. The number of amides is 1. The monoisotopic (exact) mass is 447 g/mol. The lowest BCUT2D eigenvalue weighted by Gasteiger charge is -2.64. The average Bonchev–Trinajstić information content (AvgIpc) is 3.36. The smallest absolute Gasteiger partial charge is 0.352 e. The van der Waals surface area contributed by atoms with E-state index in [9.17, 15) is 24.9 Å². The van der Waals surface area contributed by atoms with Crippen LogP contribution in [0.2, 0.25) is 0 Å². The number of nitrogens with zero attached hydrogens (tertiary/aromatic N) is 1. The molecule has 0 spiro atoms. The van der Waals surface area contributed by atoms with Crippen LogP contribution in [0.3, 0.4) is 0 Å². The number of carbonyl (C=O) groups excluding carboxylic acids is 1. The van der Waals surface area contributed by atoms with E-state index in [0.717, 1.165) is 30.6 Å². The van der Waals surface area contributed by atoms with E-state index in [1.165, 1.54) is 4.90 Å². The van der Waals surface area contributed by atoms with Crippen molar-refractivity contribution in [3.8, 4) is 0 Å². The van der Waals surface area contributed by atoms with Crippen LogP contribution in [0.15, 0.2) is 35.5 Å². The lowest BCUT2D eigenvalue weighted by atomic mass is 9.61. The van der Waals surface area contributed by atoms with Gasteiger partial charge in [0.25, 0.3) is 0 Å². The summed E-state index contributed by atoms with van der Waals surface area (Å²) in [4.78, 5) is 27.3. The summed E-state index contributed by atoms with van der Waals surface area (Å²) in [6.07, 6.45) is 1.10. The van der Waals surface area contributed by atoms with E-state index >= 15 is 0 Å². The molecule has 3 aliphatic rings. The fourth-order valence-electron chi connectivity index (χ4n) is 5.67. The van der Waals surface area contributed by atoms with Gasteiger partial charge in [-0.05, 0) is 36.1 Å². The first-order chi connectivity index (χ1) is 14.9. The molecule has 1 amide bonds. The molecule has 168 valence electrons. The summed E-state index contributed by atoms with van der Waals surface area (Å²) < 4.78 is -1.03. The summed E-state index contributed by atoms with van der Waals surface area (Å²) in [7, 11) is 0. The molecule has 2 saturated heterocycles. The molecule has 0 aliphatic carbocycles. The van der Waals surface area contributed by atoms with Gasteiger partial charge in [-0.2, -0.15) is 0 Å². The average molecular weight is 448 g/mol. The van der Waals surface area contributed by atoms with Gasteiger partial charge in [0, 0.05) is 30.9 Å². The van der Waals surface area contributed by atoms with Gasteiger partial charge in [0.05, 0.1) is 6.61 Å². The third-order valence-electron chi connectivity index (χ3n) is 7.04. The van der Waals surface area contributed by atoms with E-state index < -0.39 is 28.8 Å². The van der Waals surface area contributed by atoms with E-state index in [1.54, 1.807) is 11.8 Å². The van der Waals surface area contributed by atoms with Crippen LogP contribution in [-0.2, 0) is 21.7 Å². The largest absolute Gasteiger partial charge is 0.477 e. The minimum absolute atomic E-state index is 0.137. The van der Waals surface area contributed by atoms with Crippen LogP contribution in [0, 0.1) is 5.92 Å². The van der Waals surface area contributed by atoms with Crippen molar-refractivity contribution in [1.29, 1.82) is 0 Å². The van der Waals surface area contributed by atoms with Crippen molar-refractivity contribution in [3.05, 3.63) is 46.7 Å². The summed E-state index contributed by atoms with van der Waals surface area (Å²) in [6, 6.07) is 7.58. The Bertz CT molecular complexity index is 914. The van der Waals surface area contributed by atoms with Crippen LogP contribution < -0.4 is 11.1 Å². The van der Waals surface area contributed by atoms with Crippen molar-refractivity contribution >= 4 is 23.6 Å². The van der Waals surface area contributed by atoms with Crippen LogP contribution in [0.1, 0.15) is 30.9 Å². The number of carboxylic acid groups (broad SMARTS) is 1. The molecular formula is C22H29N3O5S. The highest BCUT2D eigenvalue weighted by Gasteiger charge is 2.78. The van der Waals surface area contributed by atoms with Crippen molar-refractivity contribution in [3.63, 3.8) is 0 Å². The van der Waals surface area contributed by atoms with Crippen LogP contribution in [0.5, 0.6) is 0 Å². The molecule has 1 aromatic carbocycles. The molecule has 4 atom stereocenters. The van der Waals surface area contributed by atoms with Crippen LogP contribution in [-0.4, -0.2) is 68.4 Å². The molecule has 4 rings (SSSR count). The molecule has 3 heterocycles. The maximum atomic E-state index is 13.7. The number of rotatable bonds is 8. The number of hydrogen-bond acceptors (Lipinski definition) is 7. The third-order valence-corrected chi connectivity index (χ3v) is 8.87. The molecule has 9 heteroatoms. The van der Waals surface area contributed by atoms with Gasteiger partial charge < -0.3 is 26.4 Å². The number of fused-ring (bicyclic) bond motifs is 1. The zero-order chi connectivity index (χ0) is 22.4. The molecule has 1 aromatic rings. The van der Waals surface area contributed by atoms with Gasteiger partial charge in [-0.25, -0.2) is 4.79 Å². The number of thioether (sulfide) groups is 1. The topological polar surface area (TPSA) is 136 Å². The highest BCUT2D eigenvalue weighted by atomic mass is 32.2. The van der Waals surface area contributed by atoms with Crippen LogP contribution in [0.4, 0.5) is 0 Å². The lowest BCUT2D eigenvalue weighted by Crippen LogP contribution is -2.79. The van der Waals surface area contributed by atoms with Gasteiger partial charge in [0.1, 0.15) is 16.0 Å². The van der Waals surface area contributed by atoms with E-state index in [-0.39, 0.29) is 29.9 Å². The second kappa shape index (κ2) is 8.22. The van der Waals surface area contributed by atoms with Gasteiger partial charge in [0.2, 0.25) is 5.91 Å². The van der Waals surface area contributed by atoms with Crippen molar-refractivity contribution in [2.24, 2.45) is 11.7 Å². The highest BCUT2D eigenvalue weighted by Crippen LogP contribution is 2.68. The molecule has 0 radical (unpaired) electrons. The van der Waals surface area contributed by atoms with Gasteiger partial charge >= 0.3 is 5.97 Å². The molecule has 31 heavy (non-hydrogen) atoms. The Balaban J connectivity index is 1.93. The number of carbonyl (C=O) groups is 2. The van der Waals surface area contributed by atoms with Crippen LogP contribution >= 0.6 is 11.8 Å². The maximum Gasteiger partial charge on any atom is 0.352 e. The number of aliphatic hydroxyl groups excluding tert-OH is 2. The van der Waals surface area contributed by atoms with Gasteiger partial charge in [-0.3, -0.25) is 9.69 Å². The summed E-state index contributed by atoms with van der Waals surface area (Å²) in [6.45, 7) is 3.22. The summed E-state index contributed by atoms with van der Waals surface area (Å²) in [5.41, 5.74) is 6.69. The maximum absolute atomic E-state index is 13.7. The first kappa shape index (κ1) is 22.3. The Hall–Kier alpha value is -1.91. The standard InChI is InChI=1S/C22H29N3O5S/c1-13-17(12-27)18(19(28)29)25-20(30)21(7-9-26,31-16-6-8-24-11-16)22(13,25)15-4-2-14(10-23)3-5-15/h2-5,13,16,24,26-27H,6-12,23H2,1H3,(H,28,29)/t13-,16+,21-,22?/m1/s1. The minimum atomic E-state index is -1.23. The quantitative estimate of drug-likeness (QED) is 0.361. The summed E-state index contributed by atoms with van der Waals surface area (Å²) >= 11 is 1.54. The van der Waals surface area contributed by atoms with E-state index in [4.69, 9.17) is 5.73 Å². The predicted octanol–water partition coefficient (Wildman–Crippen LogP) is 0.380. The van der Waals surface area contributed by atoms with Crippen molar-refractivity contribution in [2.75, 3.05) is 26.3 Å². The Morgan fingerprint density at radius 2 is 2.03 bits per heavy atom. The SMILES string of the molecule is C[C@@H]1C(CO)=C(C(=O)O)N2C(=O)[C@@](CCO)(S[C@H]3CCNC3)C12c1ccc(CN)cc1. The van der Waals surface area contributed by atoms with E-state index in [1.807, 2.05) is 31.2 Å². The van der Waals surface area contributed by atoms with E-state index in [0.29, 0.717) is 12.1 Å². The molecule has 0 saturated carbocycles. The molecule has 8 nitrogen and oxygen atoms in total. The fraction of sp³-hybridized carbons (Fsp3) is 0.545. The lowest BCUT2D eigenvalue weighted by molar-refractivity contribution is -0.168. The Morgan fingerprint density at radius 1 is 1.32 bits per heavy atom. The summed E-state index contributed by atoms with van der Waals surface area (Å²) in [5.74, 6) is -1.97. The highest BCUT2D eigenvalue weighted by molar-refractivity contribution is 8.02. The van der Waals surface area contributed by atoms with Crippen molar-refractivity contribution in [1.82, 2.24) is 10.2 Å². The zero-order valence-corrected chi connectivity index (χ0v) is 18.3. The third kappa shape index (κ3) is 2.91. The molecule has 0 bridgehead atoms. The van der Waals surface area contributed by atoms with E-state index in [2.05, 4.69) is 5.32 Å². The number of nitrogens with two attached hydrogens (primary N) is 1. The molecule has 0 aromatic heterocycles. The Kier molecular flexibility index (Phi) is 5.91. The molecule has 2 fully saturated rings. The molecule has 1 unspecified atom stereocenters. The second-order valence-corrected chi connectivity index (χ2v) is 10.00. The van der Waals surface area contributed by atoms with Gasteiger partial charge in [0.15, 0.2) is 0 Å². The number of nitrogens with one attached hydrogen (secondary N) is 1. The number of carboxylic acids is 1. The molecule has 6 N–H and O–H groups in total. The predicted molar refractivity (Wildman–Crippen MR) is 117 cm³/mol. The zero-order valence-electron chi connectivity index (χ0n) is 17.5. The number of benzene rings is 1. The minimum Gasteiger partial charge on any atom is -0.477 e. The Morgan fingerprint density at radius 3 is 2.55 bits per heavy atom. The van der Waals surface area contributed by atoms with Crippen molar-refractivity contribution < 1.29 is 24.9 Å². The van der Waals surface area contributed by atoms with Gasteiger partial charge in [-0.1, -0.05) is 31.2 Å². The first-order valence-corrected chi connectivity index (χ1v) is 11.5. The first-order valence-electron chi connectivity index (χ1n) is 10.6. The number of aliphatic hydroxyl groups is 2.